The third-order valence-electron chi connectivity index (χ3n) is 1.59. The van der Waals surface area contributed by atoms with Gasteiger partial charge in [0.2, 0.25) is 0 Å². The number of rotatable bonds is 1. The summed E-state index contributed by atoms with van der Waals surface area (Å²) < 4.78 is 26.0. The van der Waals surface area contributed by atoms with Gasteiger partial charge in [-0.1, -0.05) is 0 Å². The molecule has 13 heavy (non-hydrogen) atoms. The highest BCUT2D eigenvalue weighted by molar-refractivity contribution is 9.10. The molecule has 0 heterocycles. The molecule has 2 nitrogen and oxygen atoms in total. The van der Waals surface area contributed by atoms with E-state index in [1.165, 1.54) is 13.0 Å². The first-order chi connectivity index (χ1) is 5.82. The third-order valence-corrected chi connectivity index (χ3v) is 2.20. The van der Waals surface area contributed by atoms with Crippen molar-refractivity contribution in [2.45, 2.75) is 12.6 Å². The summed E-state index contributed by atoms with van der Waals surface area (Å²) in [6.45, 7) is 1.44. The van der Waals surface area contributed by atoms with E-state index in [4.69, 9.17) is 11.5 Å². The average Bonchev–Trinajstić information content (AvgIpc) is 1.94. The number of benzene rings is 1. The van der Waals surface area contributed by atoms with E-state index in [0.29, 0.717) is 0 Å². The maximum atomic E-state index is 13.1. The van der Waals surface area contributed by atoms with Gasteiger partial charge in [-0.2, -0.15) is 0 Å². The first-order valence-electron chi connectivity index (χ1n) is 3.55. The predicted molar refractivity (Wildman–Crippen MR) is 49.8 cm³/mol. The Morgan fingerprint density at radius 1 is 1.23 bits per heavy atom. The molecule has 0 aliphatic rings. The van der Waals surface area contributed by atoms with Gasteiger partial charge in [-0.15, -0.1) is 0 Å². The zero-order valence-corrected chi connectivity index (χ0v) is 8.53. The molecule has 0 radical (unpaired) electrons. The fourth-order valence-corrected chi connectivity index (χ4v) is 1.28. The molecule has 72 valence electrons. The Morgan fingerprint density at radius 3 is 2.23 bits per heavy atom. The second-order valence-corrected chi connectivity index (χ2v) is 3.88. The Bertz CT molecular complexity index is 334. The molecule has 0 fully saturated rings. The fraction of sp³-hybridized carbons (Fsp3) is 0.250. The van der Waals surface area contributed by atoms with E-state index < -0.39 is 17.3 Å². The molecule has 0 aliphatic heterocycles. The largest absolute Gasteiger partial charge is 0.310 e. The Labute approximate surface area is 83.0 Å². The molecule has 0 spiro atoms. The Kier molecular flexibility index (Phi) is 2.70. The van der Waals surface area contributed by atoms with Crippen molar-refractivity contribution in [3.05, 3.63) is 33.8 Å². The van der Waals surface area contributed by atoms with Gasteiger partial charge in [0.25, 0.3) is 0 Å². The van der Waals surface area contributed by atoms with Crippen LogP contribution < -0.4 is 11.5 Å². The van der Waals surface area contributed by atoms with Crippen LogP contribution in [-0.2, 0) is 5.66 Å². The molecule has 4 N–H and O–H groups in total. The van der Waals surface area contributed by atoms with Crippen LogP contribution in [0.3, 0.4) is 0 Å². The molecular weight excluding hydrogens is 242 g/mol. The van der Waals surface area contributed by atoms with Crippen molar-refractivity contribution in [3.8, 4) is 0 Å². The van der Waals surface area contributed by atoms with Gasteiger partial charge in [-0.05, 0) is 28.9 Å². The van der Waals surface area contributed by atoms with E-state index in [1.807, 2.05) is 0 Å². The maximum absolute atomic E-state index is 13.1. The van der Waals surface area contributed by atoms with Crippen molar-refractivity contribution in [2.75, 3.05) is 0 Å². The van der Waals surface area contributed by atoms with Crippen LogP contribution in [0, 0.1) is 11.6 Å². The highest BCUT2D eigenvalue weighted by Gasteiger charge is 2.21. The van der Waals surface area contributed by atoms with Crippen LogP contribution in [0.5, 0.6) is 0 Å². The molecule has 1 aromatic rings. The van der Waals surface area contributed by atoms with Crippen LogP contribution in [0.25, 0.3) is 0 Å². The summed E-state index contributed by atoms with van der Waals surface area (Å²) in [5, 5.41) is 0. The minimum absolute atomic E-state index is 0.0702. The highest BCUT2D eigenvalue weighted by atomic mass is 79.9. The Morgan fingerprint density at radius 2 is 1.77 bits per heavy atom. The first-order valence-corrected chi connectivity index (χ1v) is 4.34. The zero-order chi connectivity index (χ0) is 10.2. The molecule has 0 atom stereocenters. The number of nitrogens with two attached hydrogens (primary N) is 2. The predicted octanol–water partition coefficient (Wildman–Crippen LogP) is 1.82. The van der Waals surface area contributed by atoms with Crippen molar-refractivity contribution in [3.63, 3.8) is 0 Å². The molecule has 0 aromatic heterocycles. The average molecular weight is 251 g/mol. The smallest absolute Gasteiger partial charge is 0.140 e. The minimum Gasteiger partial charge on any atom is -0.310 e. The molecule has 0 aliphatic carbocycles. The number of halogens is 3. The molecule has 0 bridgehead atoms. The van der Waals surface area contributed by atoms with Crippen molar-refractivity contribution >= 4 is 15.9 Å². The normalized spacial score (nSPS) is 11.8. The monoisotopic (exact) mass is 250 g/mol. The van der Waals surface area contributed by atoms with Gasteiger partial charge in [0.05, 0.1) is 10.1 Å². The zero-order valence-electron chi connectivity index (χ0n) is 6.94. The second kappa shape index (κ2) is 3.32. The molecule has 0 amide bonds. The van der Waals surface area contributed by atoms with E-state index in [2.05, 4.69) is 15.9 Å². The summed E-state index contributed by atoms with van der Waals surface area (Å²) in [6, 6.07) is 1.99. The minimum atomic E-state index is -1.31. The molecule has 0 saturated heterocycles. The van der Waals surface area contributed by atoms with Gasteiger partial charge in [0.1, 0.15) is 11.6 Å². The Hall–Kier alpha value is -0.520. The summed E-state index contributed by atoms with van der Waals surface area (Å²) in [7, 11) is 0. The summed E-state index contributed by atoms with van der Waals surface area (Å²) in [5.41, 5.74) is 9.71. The van der Waals surface area contributed by atoms with Crippen LogP contribution in [0.2, 0.25) is 0 Å². The summed E-state index contributed by atoms with van der Waals surface area (Å²) in [4.78, 5) is 0. The summed E-state index contributed by atoms with van der Waals surface area (Å²) >= 11 is 2.92. The lowest BCUT2D eigenvalue weighted by molar-refractivity contribution is 0.471. The van der Waals surface area contributed by atoms with E-state index in [0.717, 1.165) is 6.07 Å². The van der Waals surface area contributed by atoms with Crippen molar-refractivity contribution in [1.29, 1.82) is 0 Å². The lowest BCUT2D eigenvalue weighted by Crippen LogP contribution is -2.43. The van der Waals surface area contributed by atoms with Gasteiger partial charge < -0.3 is 11.5 Å². The van der Waals surface area contributed by atoms with Crippen LogP contribution in [0.4, 0.5) is 8.78 Å². The topological polar surface area (TPSA) is 52.0 Å². The van der Waals surface area contributed by atoms with Gasteiger partial charge in [0.15, 0.2) is 0 Å². The maximum Gasteiger partial charge on any atom is 0.140 e. The van der Waals surface area contributed by atoms with Crippen LogP contribution in [-0.4, -0.2) is 0 Å². The van der Waals surface area contributed by atoms with Crippen molar-refractivity contribution in [1.82, 2.24) is 0 Å². The molecule has 0 saturated carbocycles. The highest BCUT2D eigenvalue weighted by Crippen LogP contribution is 2.24. The van der Waals surface area contributed by atoms with E-state index in [1.54, 1.807) is 0 Å². The van der Waals surface area contributed by atoms with Crippen LogP contribution in [0.15, 0.2) is 16.6 Å². The molecule has 0 unspecified atom stereocenters. The van der Waals surface area contributed by atoms with E-state index >= 15 is 0 Å². The number of hydrogen-bond donors (Lipinski definition) is 2. The van der Waals surface area contributed by atoms with Gasteiger partial charge in [-0.3, -0.25) is 0 Å². The lowest BCUT2D eigenvalue weighted by Gasteiger charge is -2.20. The van der Waals surface area contributed by atoms with Crippen LogP contribution >= 0.6 is 15.9 Å². The van der Waals surface area contributed by atoms with Crippen LogP contribution in [0.1, 0.15) is 12.5 Å². The third kappa shape index (κ3) is 2.24. The molecule has 1 rings (SSSR count). The lowest BCUT2D eigenvalue weighted by atomic mass is 10.0. The summed E-state index contributed by atoms with van der Waals surface area (Å²) in [6.07, 6.45) is 0. The fourth-order valence-electron chi connectivity index (χ4n) is 0.935. The van der Waals surface area contributed by atoms with Gasteiger partial charge in [-0.25, -0.2) is 8.78 Å². The van der Waals surface area contributed by atoms with Gasteiger partial charge >= 0.3 is 0 Å². The molecular formula is C8H9BrF2N2. The second-order valence-electron chi connectivity index (χ2n) is 3.03. The Balaban J connectivity index is 3.32. The first kappa shape index (κ1) is 10.6. The molecule has 5 heteroatoms. The van der Waals surface area contributed by atoms with E-state index in [9.17, 15) is 8.78 Å². The van der Waals surface area contributed by atoms with Crippen molar-refractivity contribution in [2.24, 2.45) is 11.5 Å². The molecule has 1 aromatic carbocycles. The summed E-state index contributed by atoms with van der Waals surface area (Å²) in [5.74, 6) is -1.42. The standard InChI is InChI=1S/C8H9BrF2N2/c1-8(12,13)4-2-5(9)7(11)3-6(4)10/h2-3H,12-13H2,1H3. The SMILES string of the molecule is CC(N)(N)c1cc(Br)c(F)cc1F. The van der Waals surface area contributed by atoms with E-state index in [-0.39, 0.29) is 10.0 Å². The van der Waals surface area contributed by atoms with Crippen molar-refractivity contribution < 1.29 is 8.78 Å². The van der Waals surface area contributed by atoms with Gasteiger partial charge in [0, 0.05) is 11.6 Å². The quantitative estimate of drug-likeness (QED) is 0.590. The number of hydrogen-bond acceptors (Lipinski definition) is 2.